The van der Waals surface area contributed by atoms with Gasteiger partial charge in [-0.05, 0) is 17.7 Å². The minimum atomic E-state index is -1.80. The predicted molar refractivity (Wildman–Crippen MR) is 109 cm³/mol. The summed E-state index contributed by atoms with van der Waals surface area (Å²) in [5, 5.41) is 59.6. The number of Topliss-reactive ketones (excluding diaryl/α,β-unsaturated/α-hetero) is 1. The maximum atomic E-state index is 13.1. The molecule has 0 saturated carbocycles. The first-order valence-electron chi connectivity index (χ1n) is 10.1. The molecule has 0 radical (unpaired) electrons. The summed E-state index contributed by atoms with van der Waals surface area (Å²) in [6, 6.07) is 8.56. The Kier molecular flexibility index (Phi) is 6.43. The molecule has 2 heterocycles. The molecular weight excluding hydrogens is 440 g/mol. The first-order chi connectivity index (χ1) is 15.7. The van der Waals surface area contributed by atoms with Crippen molar-refractivity contribution in [3.8, 4) is 23.0 Å². The molecule has 178 valence electrons. The topological polar surface area (TPSA) is 175 Å². The highest BCUT2D eigenvalue weighted by Gasteiger charge is 2.46. The van der Waals surface area contributed by atoms with Crippen LogP contribution in [0.1, 0.15) is 22.0 Å². The lowest BCUT2D eigenvalue weighted by Gasteiger charge is -2.40. The summed E-state index contributed by atoms with van der Waals surface area (Å²) >= 11 is 0. The molecule has 7 atom stereocenters. The van der Waals surface area contributed by atoms with Gasteiger partial charge < -0.3 is 49.6 Å². The highest BCUT2D eigenvalue weighted by Crippen LogP contribution is 2.43. The van der Waals surface area contributed by atoms with Gasteiger partial charge in [-0.2, -0.15) is 0 Å². The quantitative estimate of drug-likeness (QED) is 0.335. The van der Waals surface area contributed by atoms with Crippen molar-refractivity contribution < 1.29 is 54.4 Å². The minimum absolute atomic E-state index is 0.00791. The van der Waals surface area contributed by atoms with Gasteiger partial charge in [0, 0.05) is 12.1 Å². The number of hydrogen-bond acceptors (Lipinski definition) is 11. The number of carbonyl (C=O) groups excluding carboxylic acids is 1. The van der Waals surface area contributed by atoms with E-state index in [9.17, 15) is 35.4 Å². The largest absolute Gasteiger partial charge is 0.508 e. The zero-order chi connectivity index (χ0) is 23.9. The Morgan fingerprint density at radius 3 is 2.36 bits per heavy atom. The molecule has 0 spiro atoms. The fraction of sp³-hybridized carbons (Fsp3) is 0.409. The third-order valence-electron chi connectivity index (χ3n) is 5.71. The molecule has 11 heteroatoms. The van der Waals surface area contributed by atoms with Crippen molar-refractivity contribution in [3.05, 3.63) is 47.5 Å². The average molecular weight is 464 g/mol. The number of ketones is 1. The van der Waals surface area contributed by atoms with Crippen LogP contribution in [0.15, 0.2) is 36.4 Å². The van der Waals surface area contributed by atoms with Crippen LogP contribution in [0.3, 0.4) is 0 Å². The number of phenols is 1. The van der Waals surface area contributed by atoms with Crippen LogP contribution in [0.5, 0.6) is 23.0 Å². The number of phenolic OH excluding ortho intramolecular Hbond substituents is 1. The second-order valence-electron chi connectivity index (χ2n) is 7.78. The molecule has 0 aromatic heterocycles. The summed E-state index contributed by atoms with van der Waals surface area (Å²) in [6.45, 7) is -0.655. The lowest BCUT2D eigenvalue weighted by molar-refractivity contribution is -0.312. The fourth-order valence-electron chi connectivity index (χ4n) is 3.85. The zero-order valence-corrected chi connectivity index (χ0v) is 17.4. The van der Waals surface area contributed by atoms with Crippen molar-refractivity contribution in [3.63, 3.8) is 0 Å². The third kappa shape index (κ3) is 4.22. The number of aromatic hydroxyl groups is 1. The number of aliphatic hydroxyl groups is 5. The van der Waals surface area contributed by atoms with Gasteiger partial charge in [0.15, 0.2) is 18.5 Å². The van der Waals surface area contributed by atoms with Gasteiger partial charge >= 0.3 is 0 Å². The minimum Gasteiger partial charge on any atom is -0.508 e. The lowest BCUT2D eigenvalue weighted by Crippen LogP contribution is -2.57. The molecule has 4 rings (SSSR count). The van der Waals surface area contributed by atoms with Crippen LogP contribution in [0, 0.1) is 5.92 Å². The van der Waals surface area contributed by atoms with Crippen molar-refractivity contribution in [2.75, 3.05) is 13.7 Å². The van der Waals surface area contributed by atoms with E-state index in [1.807, 2.05) is 0 Å². The normalized spacial score (nSPS) is 31.5. The van der Waals surface area contributed by atoms with Crippen LogP contribution in [0.25, 0.3) is 0 Å². The van der Waals surface area contributed by atoms with Gasteiger partial charge in [0.05, 0.1) is 25.7 Å². The molecule has 11 nitrogen and oxygen atoms in total. The molecule has 2 aliphatic heterocycles. The monoisotopic (exact) mass is 464 g/mol. The summed E-state index contributed by atoms with van der Waals surface area (Å²) in [5.41, 5.74) is 0.314. The Morgan fingerprint density at radius 2 is 1.73 bits per heavy atom. The van der Waals surface area contributed by atoms with E-state index in [2.05, 4.69) is 0 Å². The van der Waals surface area contributed by atoms with E-state index in [0.717, 1.165) is 0 Å². The predicted octanol–water partition coefficient (Wildman–Crippen LogP) is -0.538. The highest BCUT2D eigenvalue weighted by molar-refractivity contribution is 6.05. The highest BCUT2D eigenvalue weighted by atomic mass is 16.7. The number of fused-ring (bicyclic) bond motifs is 1. The second kappa shape index (κ2) is 9.14. The van der Waals surface area contributed by atoms with E-state index < -0.39 is 55.3 Å². The molecule has 6 N–H and O–H groups in total. The number of carbonyl (C=O) groups is 1. The van der Waals surface area contributed by atoms with Crippen molar-refractivity contribution in [2.45, 2.75) is 37.0 Å². The fourth-order valence-corrected chi connectivity index (χ4v) is 3.85. The van der Waals surface area contributed by atoms with Crippen LogP contribution in [-0.4, -0.2) is 81.0 Å². The van der Waals surface area contributed by atoms with Crippen LogP contribution in [0.2, 0.25) is 0 Å². The summed E-state index contributed by atoms with van der Waals surface area (Å²) in [4.78, 5) is 13.1. The Bertz CT molecular complexity index is 1010. The number of ether oxygens (including phenoxy) is 4. The van der Waals surface area contributed by atoms with Crippen LogP contribution in [0.4, 0.5) is 0 Å². The van der Waals surface area contributed by atoms with E-state index in [-0.39, 0.29) is 28.6 Å². The van der Waals surface area contributed by atoms with Crippen molar-refractivity contribution >= 4 is 5.78 Å². The van der Waals surface area contributed by atoms with Gasteiger partial charge in [-0.3, -0.25) is 4.79 Å². The van der Waals surface area contributed by atoms with E-state index >= 15 is 0 Å². The zero-order valence-electron chi connectivity index (χ0n) is 17.4. The first-order valence-corrected chi connectivity index (χ1v) is 10.1. The molecule has 0 aliphatic carbocycles. The standard InChI is InChI=1S/C22H24O11/c1-30-11-6-13-15(17(26)18(27)20(31-13)9-2-4-10(24)5-3-9)14(7-11)32-22-12(8-23)16(25)19(28)21(29)33-22/h2-7,12,16,18-25,27-29H,8H2,1H3. The van der Waals surface area contributed by atoms with E-state index in [1.165, 1.54) is 43.5 Å². The molecule has 33 heavy (non-hydrogen) atoms. The van der Waals surface area contributed by atoms with E-state index in [0.29, 0.717) is 5.56 Å². The summed E-state index contributed by atoms with van der Waals surface area (Å²) < 4.78 is 22.0. The van der Waals surface area contributed by atoms with Crippen molar-refractivity contribution in [1.29, 1.82) is 0 Å². The number of aliphatic hydroxyl groups excluding tert-OH is 5. The first kappa shape index (κ1) is 23.2. The Morgan fingerprint density at radius 1 is 1.03 bits per heavy atom. The molecule has 0 amide bonds. The van der Waals surface area contributed by atoms with Gasteiger partial charge in [0.1, 0.15) is 34.7 Å². The molecule has 2 aromatic rings. The van der Waals surface area contributed by atoms with Gasteiger partial charge in [-0.1, -0.05) is 12.1 Å². The molecule has 2 aliphatic rings. The Labute approximate surface area is 188 Å². The van der Waals surface area contributed by atoms with Crippen LogP contribution >= 0.6 is 0 Å². The molecule has 2 aromatic carbocycles. The summed E-state index contributed by atoms with van der Waals surface area (Å²) in [7, 11) is 1.37. The SMILES string of the molecule is COc1cc(OC2OC(O)C(O)C(O)C2CO)c2c(c1)OC(c1ccc(O)cc1)C(O)C2=O. The van der Waals surface area contributed by atoms with Crippen molar-refractivity contribution in [1.82, 2.24) is 0 Å². The number of benzene rings is 2. The van der Waals surface area contributed by atoms with Gasteiger partial charge in [0.25, 0.3) is 0 Å². The van der Waals surface area contributed by atoms with Crippen LogP contribution < -0.4 is 14.2 Å². The third-order valence-corrected chi connectivity index (χ3v) is 5.71. The van der Waals surface area contributed by atoms with E-state index in [4.69, 9.17) is 18.9 Å². The van der Waals surface area contributed by atoms with E-state index in [1.54, 1.807) is 0 Å². The Balaban J connectivity index is 1.71. The van der Waals surface area contributed by atoms with Gasteiger partial charge in [0.2, 0.25) is 12.1 Å². The number of rotatable bonds is 5. The molecule has 0 bridgehead atoms. The molecule has 1 saturated heterocycles. The lowest BCUT2D eigenvalue weighted by atomic mass is 9.92. The molecule has 1 fully saturated rings. The smallest absolute Gasteiger partial charge is 0.210 e. The average Bonchev–Trinajstić information content (AvgIpc) is 2.80. The van der Waals surface area contributed by atoms with Crippen LogP contribution in [-0.2, 0) is 4.74 Å². The molecule has 7 unspecified atom stereocenters. The Hall–Kier alpha value is -2.93. The maximum absolute atomic E-state index is 13.1. The second-order valence-corrected chi connectivity index (χ2v) is 7.78. The maximum Gasteiger partial charge on any atom is 0.210 e. The summed E-state index contributed by atoms with van der Waals surface area (Å²) in [6.07, 6.45) is -9.16. The van der Waals surface area contributed by atoms with Crippen molar-refractivity contribution in [2.24, 2.45) is 5.92 Å². The summed E-state index contributed by atoms with van der Waals surface area (Å²) in [5.74, 6) is -1.75. The molecular formula is C22H24O11. The number of methoxy groups -OCH3 is 1. The van der Waals surface area contributed by atoms with Gasteiger partial charge in [-0.25, -0.2) is 0 Å². The van der Waals surface area contributed by atoms with Gasteiger partial charge in [-0.15, -0.1) is 0 Å². The number of hydrogen-bond donors (Lipinski definition) is 6.